The first-order valence-electron chi connectivity index (χ1n) is 9.60. The maximum atomic E-state index is 12.7. The highest BCUT2D eigenvalue weighted by molar-refractivity contribution is 5.85. The molecule has 2 rings (SSSR count). The molecule has 1 unspecified atom stereocenters. The molecule has 4 nitrogen and oxygen atoms in total. The Balaban J connectivity index is 1.99. The van der Waals surface area contributed by atoms with E-state index >= 15 is 0 Å². The van der Waals surface area contributed by atoms with Crippen molar-refractivity contribution in [3.05, 3.63) is 72.9 Å². The lowest BCUT2D eigenvalue weighted by molar-refractivity contribution is -0.156. The number of benzene rings is 1. The van der Waals surface area contributed by atoms with E-state index in [4.69, 9.17) is 4.74 Å². The molecule has 0 aliphatic heterocycles. The van der Waals surface area contributed by atoms with Gasteiger partial charge in [-0.15, -0.1) is 0 Å². The number of ether oxygens (including phenoxy) is 1. The lowest BCUT2D eigenvalue weighted by Gasteiger charge is -2.19. The molecule has 1 amide bonds. The number of nitrogens with one attached hydrogen (secondary N) is 1. The van der Waals surface area contributed by atoms with Gasteiger partial charge in [-0.2, -0.15) is 0 Å². The van der Waals surface area contributed by atoms with Crippen molar-refractivity contribution in [2.45, 2.75) is 44.6 Å². The number of allylic oxidation sites excluding steroid dienone is 2. The SMILES string of the molecule is C=C/C=C(\C=C)CNC(=O)C(OC(=O)CCC1CCCC1)c1ccccc1. The second kappa shape index (κ2) is 11.2. The Morgan fingerprint density at radius 1 is 1.19 bits per heavy atom. The summed E-state index contributed by atoms with van der Waals surface area (Å²) in [6.45, 7) is 7.67. The lowest BCUT2D eigenvalue weighted by Crippen LogP contribution is -2.33. The third kappa shape index (κ3) is 6.89. The molecule has 0 bridgehead atoms. The minimum atomic E-state index is -0.947. The van der Waals surface area contributed by atoms with Gasteiger partial charge in [0.15, 0.2) is 0 Å². The molecule has 0 aromatic heterocycles. The Labute approximate surface area is 162 Å². The van der Waals surface area contributed by atoms with Crippen LogP contribution in [0.3, 0.4) is 0 Å². The predicted octanol–water partition coefficient (Wildman–Crippen LogP) is 4.66. The summed E-state index contributed by atoms with van der Waals surface area (Å²) in [5.74, 6) is -0.0514. The minimum Gasteiger partial charge on any atom is -0.447 e. The van der Waals surface area contributed by atoms with E-state index in [2.05, 4.69) is 18.5 Å². The summed E-state index contributed by atoms with van der Waals surface area (Å²) < 4.78 is 5.57. The highest BCUT2D eigenvalue weighted by Gasteiger charge is 2.25. The molecule has 1 atom stereocenters. The molecule has 144 valence electrons. The lowest BCUT2D eigenvalue weighted by atomic mass is 10.0. The zero-order valence-electron chi connectivity index (χ0n) is 15.9. The predicted molar refractivity (Wildman–Crippen MR) is 108 cm³/mol. The van der Waals surface area contributed by atoms with Crippen LogP contribution in [-0.2, 0) is 14.3 Å². The van der Waals surface area contributed by atoms with Crippen LogP contribution in [0.1, 0.15) is 50.2 Å². The normalized spacial score (nSPS) is 15.8. The first-order chi connectivity index (χ1) is 13.1. The number of carbonyl (C=O) groups excluding carboxylic acids is 2. The van der Waals surface area contributed by atoms with E-state index in [0.717, 1.165) is 12.0 Å². The molecule has 1 N–H and O–H groups in total. The Hall–Kier alpha value is -2.62. The van der Waals surface area contributed by atoms with Crippen molar-refractivity contribution in [2.75, 3.05) is 6.54 Å². The van der Waals surface area contributed by atoms with Crippen molar-refractivity contribution >= 4 is 11.9 Å². The molecule has 0 radical (unpaired) electrons. The number of hydrogen-bond acceptors (Lipinski definition) is 3. The van der Waals surface area contributed by atoms with Gasteiger partial charge in [0.2, 0.25) is 6.10 Å². The Bertz CT molecular complexity index is 672. The second-order valence-electron chi connectivity index (χ2n) is 6.87. The molecule has 1 aliphatic rings. The van der Waals surface area contributed by atoms with Crippen LogP contribution in [-0.4, -0.2) is 18.4 Å². The molecule has 4 heteroatoms. The maximum absolute atomic E-state index is 12.7. The van der Waals surface area contributed by atoms with Gasteiger partial charge in [0.25, 0.3) is 5.91 Å². The molecular formula is C23H29NO3. The van der Waals surface area contributed by atoms with Gasteiger partial charge in [0.05, 0.1) is 0 Å². The number of carbonyl (C=O) groups is 2. The fourth-order valence-electron chi connectivity index (χ4n) is 3.34. The largest absolute Gasteiger partial charge is 0.447 e. The monoisotopic (exact) mass is 367 g/mol. The molecule has 1 saturated carbocycles. The van der Waals surface area contributed by atoms with Crippen molar-refractivity contribution in [1.82, 2.24) is 5.32 Å². The summed E-state index contributed by atoms with van der Waals surface area (Å²) >= 11 is 0. The van der Waals surface area contributed by atoms with Gasteiger partial charge in [-0.1, -0.05) is 87.4 Å². The maximum Gasteiger partial charge on any atom is 0.306 e. The average molecular weight is 367 g/mol. The number of amides is 1. The summed E-state index contributed by atoms with van der Waals surface area (Å²) in [4.78, 5) is 25.0. The Morgan fingerprint density at radius 3 is 2.52 bits per heavy atom. The van der Waals surface area contributed by atoms with Crippen molar-refractivity contribution in [3.63, 3.8) is 0 Å². The fraction of sp³-hybridized carbons (Fsp3) is 0.391. The first-order valence-corrected chi connectivity index (χ1v) is 9.60. The van der Waals surface area contributed by atoms with Gasteiger partial charge in [-0.3, -0.25) is 9.59 Å². The van der Waals surface area contributed by atoms with Crippen LogP contribution in [0, 0.1) is 5.92 Å². The molecule has 1 fully saturated rings. The van der Waals surface area contributed by atoms with Crippen LogP contribution < -0.4 is 5.32 Å². The molecular weight excluding hydrogens is 338 g/mol. The summed E-state index contributed by atoms with van der Waals surface area (Å²) in [6.07, 6.45) is 10.2. The number of rotatable bonds is 10. The van der Waals surface area contributed by atoms with Crippen LogP contribution in [0.5, 0.6) is 0 Å². The molecule has 1 aliphatic carbocycles. The first kappa shape index (κ1) is 20.7. The molecule has 1 aromatic rings. The van der Waals surface area contributed by atoms with Gasteiger partial charge < -0.3 is 10.1 Å². The van der Waals surface area contributed by atoms with E-state index < -0.39 is 6.10 Å². The van der Waals surface area contributed by atoms with Gasteiger partial charge in [0, 0.05) is 18.5 Å². The third-order valence-electron chi connectivity index (χ3n) is 4.88. The average Bonchev–Trinajstić information content (AvgIpc) is 3.21. The number of esters is 1. The van der Waals surface area contributed by atoms with Crippen LogP contribution in [0.4, 0.5) is 0 Å². The molecule has 27 heavy (non-hydrogen) atoms. The molecule has 0 spiro atoms. The third-order valence-corrected chi connectivity index (χ3v) is 4.88. The van der Waals surface area contributed by atoms with E-state index in [1.807, 2.05) is 18.2 Å². The summed E-state index contributed by atoms with van der Waals surface area (Å²) in [5.41, 5.74) is 1.50. The molecule has 1 aromatic carbocycles. The quantitative estimate of drug-likeness (QED) is 0.483. The van der Waals surface area contributed by atoms with E-state index in [9.17, 15) is 9.59 Å². The van der Waals surface area contributed by atoms with Gasteiger partial charge in [0.1, 0.15) is 0 Å². The minimum absolute atomic E-state index is 0.303. The van der Waals surface area contributed by atoms with Gasteiger partial charge in [-0.25, -0.2) is 0 Å². The van der Waals surface area contributed by atoms with Crippen LogP contribution in [0.15, 0.2) is 67.3 Å². The fourth-order valence-corrected chi connectivity index (χ4v) is 3.34. The highest BCUT2D eigenvalue weighted by atomic mass is 16.5. The van der Waals surface area contributed by atoms with E-state index in [0.29, 0.717) is 24.4 Å². The van der Waals surface area contributed by atoms with Crippen LogP contribution in [0.25, 0.3) is 0 Å². The van der Waals surface area contributed by atoms with Gasteiger partial charge >= 0.3 is 5.97 Å². The van der Waals surface area contributed by atoms with Crippen LogP contribution >= 0.6 is 0 Å². The zero-order valence-corrected chi connectivity index (χ0v) is 15.9. The summed E-state index contributed by atoms with van der Waals surface area (Å²) in [5, 5.41) is 2.82. The summed E-state index contributed by atoms with van der Waals surface area (Å²) in [7, 11) is 0. The van der Waals surface area contributed by atoms with E-state index in [-0.39, 0.29) is 11.9 Å². The zero-order chi connectivity index (χ0) is 19.5. The van der Waals surface area contributed by atoms with Crippen molar-refractivity contribution in [1.29, 1.82) is 0 Å². The van der Waals surface area contributed by atoms with Crippen molar-refractivity contribution < 1.29 is 14.3 Å². The molecule has 0 saturated heterocycles. The highest BCUT2D eigenvalue weighted by Crippen LogP contribution is 2.29. The molecule has 0 heterocycles. The number of hydrogen-bond donors (Lipinski definition) is 1. The Morgan fingerprint density at radius 2 is 1.89 bits per heavy atom. The van der Waals surface area contributed by atoms with E-state index in [1.165, 1.54) is 25.7 Å². The Kier molecular flexibility index (Phi) is 8.56. The van der Waals surface area contributed by atoms with E-state index in [1.54, 1.807) is 30.4 Å². The van der Waals surface area contributed by atoms with Crippen molar-refractivity contribution in [3.8, 4) is 0 Å². The van der Waals surface area contributed by atoms with Crippen molar-refractivity contribution in [2.24, 2.45) is 5.92 Å². The van der Waals surface area contributed by atoms with Gasteiger partial charge in [-0.05, 0) is 17.9 Å². The van der Waals surface area contributed by atoms with Crippen LogP contribution in [0.2, 0.25) is 0 Å². The topological polar surface area (TPSA) is 55.4 Å². The second-order valence-corrected chi connectivity index (χ2v) is 6.87. The smallest absolute Gasteiger partial charge is 0.306 e. The standard InChI is InChI=1S/C23H29NO3/c1-3-10-18(4-2)17-24-23(26)22(20-13-6-5-7-14-20)27-21(25)16-15-19-11-8-9-12-19/h3-7,10,13-14,19,22H,1-2,8-9,11-12,15-17H2,(H,24,26)/b18-10+. The summed E-state index contributed by atoms with van der Waals surface area (Å²) in [6, 6.07) is 9.11.